The van der Waals surface area contributed by atoms with Gasteiger partial charge in [-0.1, -0.05) is 30.3 Å². The first-order chi connectivity index (χ1) is 17.0. The molecule has 0 bridgehead atoms. The molecule has 180 valence electrons. The van der Waals surface area contributed by atoms with E-state index in [4.69, 9.17) is 9.15 Å². The summed E-state index contributed by atoms with van der Waals surface area (Å²) >= 11 is 1.47. The second-order valence-corrected chi connectivity index (χ2v) is 8.92. The summed E-state index contributed by atoms with van der Waals surface area (Å²) in [6.07, 6.45) is 1.61. The fourth-order valence-electron chi connectivity index (χ4n) is 3.67. The van der Waals surface area contributed by atoms with Crippen LogP contribution in [0.4, 0.5) is 4.39 Å². The van der Waals surface area contributed by atoms with Crippen molar-refractivity contribution in [3.05, 3.63) is 112 Å². The molecule has 4 rings (SSSR count). The third-order valence-electron chi connectivity index (χ3n) is 5.49. The van der Waals surface area contributed by atoms with Crippen LogP contribution < -0.4 is 10.1 Å². The minimum absolute atomic E-state index is 0.117. The van der Waals surface area contributed by atoms with Crippen LogP contribution in [0, 0.1) is 5.82 Å². The molecular formula is C27H25FN2O4S. The standard InChI is InChI=1S/C27H25FN2O4S/c1-33-22-12-8-19(9-13-22)17-29-27(32)26(24-5-2-14-34-24)30(18-20-6-10-21(28)11-7-20)25(31)16-23-4-3-15-35-23/h2-15,26H,16-18H2,1H3,(H,29,32)/t26-/m1/s1. The fraction of sp³-hybridized carbons (Fsp3) is 0.185. The van der Waals surface area contributed by atoms with Gasteiger partial charge in [-0.3, -0.25) is 9.59 Å². The first kappa shape index (κ1) is 24.2. The molecule has 0 aliphatic heterocycles. The highest BCUT2D eigenvalue weighted by atomic mass is 32.1. The maximum atomic E-state index is 13.5. The van der Waals surface area contributed by atoms with Crippen molar-refractivity contribution in [2.45, 2.75) is 25.6 Å². The van der Waals surface area contributed by atoms with Crippen molar-refractivity contribution in [2.24, 2.45) is 0 Å². The lowest BCUT2D eigenvalue weighted by Gasteiger charge is -2.30. The van der Waals surface area contributed by atoms with E-state index >= 15 is 0 Å². The van der Waals surface area contributed by atoms with E-state index in [1.54, 1.807) is 31.4 Å². The number of rotatable bonds is 10. The zero-order chi connectivity index (χ0) is 24.6. The van der Waals surface area contributed by atoms with Crippen LogP contribution in [-0.4, -0.2) is 23.8 Å². The number of carbonyl (C=O) groups excluding carboxylic acids is 2. The van der Waals surface area contributed by atoms with Crippen molar-refractivity contribution in [1.82, 2.24) is 10.2 Å². The lowest BCUT2D eigenvalue weighted by molar-refractivity contribution is -0.141. The minimum Gasteiger partial charge on any atom is -0.497 e. The van der Waals surface area contributed by atoms with Crippen LogP contribution in [0.25, 0.3) is 0 Å². The molecule has 1 atom stereocenters. The summed E-state index contributed by atoms with van der Waals surface area (Å²) in [4.78, 5) is 29.3. The van der Waals surface area contributed by atoms with Gasteiger partial charge >= 0.3 is 0 Å². The van der Waals surface area contributed by atoms with Gasteiger partial charge in [-0.05, 0) is 59.0 Å². The van der Waals surface area contributed by atoms with Crippen LogP contribution >= 0.6 is 11.3 Å². The molecule has 0 fully saturated rings. The Hall–Kier alpha value is -3.91. The van der Waals surface area contributed by atoms with Gasteiger partial charge in [0.2, 0.25) is 5.91 Å². The highest BCUT2D eigenvalue weighted by Crippen LogP contribution is 2.26. The molecule has 0 saturated carbocycles. The van der Waals surface area contributed by atoms with Crippen molar-refractivity contribution < 1.29 is 23.1 Å². The third kappa shape index (κ3) is 6.36. The van der Waals surface area contributed by atoms with E-state index in [0.29, 0.717) is 11.3 Å². The number of methoxy groups -OCH3 is 1. The molecule has 2 amide bonds. The number of ether oxygens (including phenoxy) is 1. The normalized spacial score (nSPS) is 11.6. The maximum absolute atomic E-state index is 13.5. The molecule has 8 heteroatoms. The third-order valence-corrected chi connectivity index (χ3v) is 6.37. The van der Waals surface area contributed by atoms with E-state index in [1.807, 2.05) is 41.8 Å². The molecule has 0 unspecified atom stereocenters. The molecule has 0 saturated heterocycles. The SMILES string of the molecule is COc1ccc(CNC(=O)[C@@H](c2ccco2)N(Cc2ccc(F)cc2)C(=O)Cc2cccs2)cc1. The molecule has 0 radical (unpaired) electrons. The van der Waals surface area contributed by atoms with Gasteiger partial charge in [0.25, 0.3) is 5.91 Å². The molecule has 6 nitrogen and oxygen atoms in total. The summed E-state index contributed by atoms with van der Waals surface area (Å²) in [7, 11) is 1.59. The number of hydrogen-bond donors (Lipinski definition) is 1. The Kier molecular flexibility index (Phi) is 7.95. The van der Waals surface area contributed by atoms with Gasteiger partial charge < -0.3 is 19.4 Å². The van der Waals surface area contributed by atoms with Gasteiger partial charge in [-0.2, -0.15) is 0 Å². The fourth-order valence-corrected chi connectivity index (χ4v) is 4.37. The van der Waals surface area contributed by atoms with Crippen LogP contribution in [0.3, 0.4) is 0 Å². The number of nitrogens with zero attached hydrogens (tertiary/aromatic N) is 1. The highest BCUT2D eigenvalue weighted by Gasteiger charge is 2.33. The Labute approximate surface area is 207 Å². The average molecular weight is 493 g/mol. The molecule has 2 aromatic carbocycles. The summed E-state index contributed by atoms with van der Waals surface area (Å²) in [6.45, 7) is 0.384. The van der Waals surface area contributed by atoms with Crippen LogP contribution in [-0.2, 0) is 29.1 Å². The lowest BCUT2D eigenvalue weighted by Crippen LogP contribution is -2.43. The summed E-state index contributed by atoms with van der Waals surface area (Å²) in [5.41, 5.74) is 1.58. The summed E-state index contributed by atoms with van der Waals surface area (Å²) in [6, 6.07) is 19.4. The average Bonchev–Trinajstić information content (AvgIpc) is 3.59. The van der Waals surface area contributed by atoms with E-state index < -0.39 is 6.04 Å². The van der Waals surface area contributed by atoms with Gasteiger partial charge in [0, 0.05) is 18.0 Å². The van der Waals surface area contributed by atoms with Crippen LogP contribution in [0.1, 0.15) is 27.8 Å². The molecule has 0 aliphatic carbocycles. The molecule has 2 aromatic heterocycles. The van der Waals surface area contributed by atoms with Crippen LogP contribution in [0.5, 0.6) is 5.75 Å². The smallest absolute Gasteiger partial charge is 0.251 e. The lowest BCUT2D eigenvalue weighted by atomic mass is 10.1. The number of amides is 2. The molecule has 4 aromatic rings. The highest BCUT2D eigenvalue weighted by molar-refractivity contribution is 7.10. The number of benzene rings is 2. The summed E-state index contributed by atoms with van der Waals surface area (Å²) in [5.74, 6) is 0.0808. The van der Waals surface area contributed by atoms with Gasteiger partial charge in [-0.25, -0.2) is 4.39 Å². The van der Waals surface area contributed by atoms with Crippen molar-refractivity contribution in [2.75, 3.05) is 7.11 Å². The molecular weight excluding hydrogens is 467 g/mol. The second-order valence-electron chi connectivity index (χ2n) is 7.89. The Morgan fingerprint density at radius 2 is 1.77 bits per heavy atom. The van der Waals surface area contributed by atoms with Crippen molar-refractivity contribution >= 4 is 23.2 Å². The topological polar surface area (TPSA) is 71.8 Å². The Morgan fingerprint density at radius 3 is 2.40 bits per heavy atom. The van der Waals surface area contributed by atoms with E-state index in [1.165, 1.54) is 34.6 Å². The van der Waals surface area contributed by atoms with Gasteiger partial charge in [0.1, 0.15) is 17.3 Å². The molecule has 2 heterocycles. The van der Waals surface area contributed by atoms with Gasteiger partial charge in [-0.15, -0.1) is 11.3 Å². The number of carbonyl (C=O) groups is 2. The van der Waals surface area contributed by atoms with Crippen molar-refractivity contribution in [3.8, 4) is 5.75 Å². The predicted octanol–water partition coefficient (Wildman–Crippen LogP) is 5.12. The van der Waals surface area contributed by atoms with E-state index in [9.17, 15) is 14.0 Å². The maximum Gasteiger partial charge on any atom is 0.251 e. The molecule has 0 aliphatic rings. The number of furan rings is 1. The molecule has 0 spiro atoms. The summed E-state index contributed by atoms with van der Waals surface area (Å²) in [5, 5.41) is 4.82. The molecule has 1 N–H and O–H groups in total. The first-order valence-corrected chi connectivity index (χ1v) is 11.9. The predicted molar refractivity (Wildman–Crippen MR) is 131 cm³/mol. The monoisotopic (exact) mass is 492 g/mol. The Morgan fingerprint density at radius 1 is 1.03 bits per heavy atom. The first-order valence-electron chi connectivity index (χ1n) is 11.0. The van der Waals surface area contributed by atoms with E-state index in [-0.39, 0.29) is 37.1 Å². The molecule has 35 heavy (non-hydrogen) atoms. The van der Waals surface area contributed by atoms with E-state index in [0.717, 1.165) is 16.2 Å². The number of nitrogens with one attached hydrogen (secondary N) is 1. The van der Waals surface area contributed by atoms with Crippen LogP contribution in [0.2, 0.25) is 0 Å². The number of halogens is 1. The quantitative estimate of drug-likeness (QED) is 0.334. The minimum atomic E-state index is -0.999. The summed E-state index contributed by atoms with van der Waals surface area (Å²) < 4.78 is 24.3. The number of thiophene rings is 1. The van der Waals surface area contributed by atoms with Crippen molar-refractivity contribution in [1.29, 1.82) is 0 Å². The van der Waals surface area contributed by atoms with Gasteiger partial charge in [0.15, 0.2) is 6.04 Å². The van der Waals surface area contributed by atoms with Gasteiger partial charge in [0.05, 0.1) is 19.8 Å². The Bertz CT molecular complexity index is 1220. The Balaban J connectivity index is 1.60. The number of hydrogen-bond acceptors (Lipinski definition) is 5. The largest absolute Gasteiger partial charge is 0.497 e. The van der Waals surface area contributed by atoms with Crippen molar-refractivity contribution in [3.63, 3.8) is 0 Å². The van der Waals surface area contributed by atoms with E-state index in [2.05, 4.69) is 5.32 Å². The second kappa shape index (κ2) is 11.5. The zero-order valence-corrected chi connectivity index (χ0v) is 20.0. The zero-order valence-electron chi connectivity index (χ0n) is 19.1. The van der Waals surface area contributed by atoms with Crippen LogP contribution in [0.15, 0.2) is 88.9 Å².